The number of allylic oxidation sites excluding steroid dienone is 1. The molecule has 0 N–H and O–H groups in total. The topological polar surface area (TPSA) is 27.7 Å². The number of ether oxygens (including phenoxy) is 3. The van der Waals surface area contributed by atoms with E-state index in [1.807, 2.05) is 0 Å². The van der Waals surface area contributed by atoms with E-state index in [4.69, 9.17) is 9.47 Å². The predicted octanol–water partition coefficient (Wildman–Crippen LogP) is 8.86. The molecule has 1 aliphatic rings. The fourth-order valence-electron chi connectivity index (χ4n) is 4.25. The van der Waals surface area contributed by atoms with Gasteiger partial charge in [0.2, 0.25) is 0 Å². The van der Waals surface area contributed by atoms with Crippen LogP contribution in [0.4, 0.5) is 39.5 Å². The van der Waals surface area contributed by atoms with Crippen molar-refractivity contribution in [2.75, 3.05) is 13.2 Å². The maximum Gasteiger partial charge on any atom is 0.432 e. The molecule has 3 nitrogen and oxygen atoms in total. The van der Waals surface area contributed by atoms with Crippen molar-refractivity contribution >= 4 is 0 Å². The molecule has 4 rings (SSSR count). The second-order valence-corrected chi connectivity index (χ2v) is 9.38. The second kappa shape index (κ2) is 12.6. The maximum absolute atomic E-state index is 15.0. The molecule has 3 aromatic rings. The fraction of sp³-hybridized carbons (Fsp3) is 0.310. The number of alkyl halides is 4. The standard InChI is InChI=1S/C29H23F9O3/c1-2-3-4-15-13-39-28(40-14-15)17-7-5-16(6-8-17)25(34)26(35)18-9-20(30)24(21(31)10-18)29(37,38)41-19-11-22(32)27(36)23(33)12-19/h2,5-12,15,25-26,28H,1,3-4,13-14H2. The van der Waals surface area contributed by atoms with Crippen LogP contribution in [0, 0.1) is 35.0 Å². The highest BCUT2D eigenvalue weighted by molar-refractivity contribution is 5.34. The monoisotopic (exact) mass is 590 g/mol. The van der Waals surface area contributed by atoms with E-state index in [0.717, 1.165) is 12.8 Å². The molecule has 0 bridgehead atoms. The van der Waals surface area contributed by atoms with E-state index in [2.05, 4.69) is 11.3 Å². The molecule has 2 atom stereocenters. The van der Waals surface area contributed by atoms with Gasteiger partial charge in [-0.2, -0.15) is 8.78 Å². The highest BCUT2D eigenvalue weighted by Gasteiger charge is 2.42. The summed E-state index contributed by atoms with van der Waals surface area (Å²) >= 11 is 0. The molecule has 0 aliphatic carbocycles. The number of hydrogen-bond acceptors (Lipinski definition) is 3. The summed E-state index contributed by atoms with van der Waals surface area (Å²) in [5.41, 5.74) is -2.64. The highest BCUT2D eigenvalue weighted by atomic mass is 19.3. The summed E-state index contributed by atoms with van der Waals surface area (Å²) in [6.07, 6.45) is -7.24. The summed E-state index contributed by atoms with van der Waals surface area (Å²) in [4.78, 5) is 0. The van der Waals surface area contributed by atoms with Crippen molar-refractivity contribution in [1.82, 2.24) is 0 Å². The van der Waals surface area contributed by atoms with Gasteiger partial charge < -0.3 is 14.2 Å². The van der Waals surface area contributed by atoms with Crippen molar-refractivity contribution in [2.45, 2.75) is 37.6 Å². The van der Waals surface area contributed by atoms with Gasteiger partial charge in [-0.15, -0.1) is 6.58 Å². The van der Waals surface area contributed by atoms with Crippen LogP contribution in [-0.2, 0) is 15.6 Å². The Kier molecular flexibility index (Phi) is 9.33. The third kappa shape index (κ3) is 6.87. The zero-order chi connectivity index (χ0) is 29.9. The van der Waals surface area contributed by atoms with Crippen molar-refractivity contribution in [3.05, 3.63) is 113 Å². The third-order valence-electron chi connectivity index (χ3n) is 6.41. The average molecular weight is 590 g/mol. The molecule has 1 aliphatic heterocycles. The lowest BCUT2D eigenvalue weighted by Gasteiger charge is -2.29. The lowest BCUT2D eigenvalue weighted by atomic mass is 9.97. The molecule has 2 unspecified atom stereocenters. The first-order valence-electron chi connectivity index (χ1n) is 12.3. The molecular weight excluding hydrogens is 567 g/mol. The molecule has 220 valence electrons. The third-order valence-corrected chi connectivity index (χ3v) is 6.41. The van der Waals surface area contributed by atoms with E-state index in [9.17, 15) is 39.5 Å². The smallest absolute Gasteiger partial charge is 0.429 e. The summed E-state index contributed by atoms with van der Waals surface area (Å²) in [5.74, 6) is -10.9. The molecule has 0 spiro atoms. The van der Waals surface area contributed by atoms with Crippen molar-refractivity contribution in [2.24, 2.45) is 5.92 Å². The van der Waals surface area contributed by atoms with Gasteiger partial charge in [0.05, 0.1) is 13.2 Å². The van der Waals surface area contributed by atoms with Crippen molar-refractivity contribution in [3.8, 4) is 5.75 Å². The maximum atomic E-state index is 15.0. The van der Waals surface area contributed by atoms with Crippen LogP contribution in [0.15, 0.2) is 61.2 Å². The highest BCUT2D eigenvalue weighted by Crippen LogP contribution is 2.41. The van der Waals surface area contributed by atoms with Crippen LogP contribution in [0.2, 0.25) is 0 Å². The molecule has 1 saturated heterocycles. The van der Waals surface area contributed by atoms with E-state index >= 15 is 0 Å². The summed E-state index contributed by atoms with van der Waals surface area (Å²) in [6, 6.07) is 5.72. The van der Waals surface area contributed by atoms with Crippen LogP contribution in [-0.4, -0.2) is 13.2 Å². The Morgan fingerprint density at radius 2 is 1.37 bits per heavy atom. The Morgan fingerprint density at radius 1 is 0.829 bits per heavy atom. The molecule has 12 heteroatoms. The van der Waals surface area contributed by atoms with E-state index in [1.54, 1.807) is 6.08 Å². The number of benzene rings is 3. The number of hydrogen-bond donors (Lipinski definition) is 0. The van der Waals surface area contributed by atoms with E-state index in [1.165, 1.54) is 24.3 Å². The van der Waals surface area contributed by atoms with Gasteiger partial charge in [0.25, 0.3) is 0 Å². The van der Waals surface area contributed by atoms with Gasteiger partial charge in [0, 0.05) is 23.6 Å². The molecule has 0 radical (unpaired) electrons. The molecule has 1 heterocycles. The normalized spacial score (nSPS) is 19.0. The van der Waals surface area contributed by atoms with E-state index in [0.29, 0.717) is 18.8 Å². The zero-order valence-electron chi connectivity index (χ0n) is 21.2. The summed E-state index contributed by atoms with van der Waals surface area (Å²) in [7, 11) is 0. The van der Waals surface area contributed by atoms with Gasteiger partial charge >= 0.3 is 6.11 Å². The van der Waals surface area contributed by atoms with Gasteiger partial charge in [-0.25, -0.2) is 30.7 Å². The van der Waals surface area contributed by atoms with Crippen LogP contribution in [0.25, 0.3) is 0 Å². The fourth-order valence-corrected chi connectivity index (χ4v) is 4.25. The SMILES string of the molecule is C=CCCC1COC(c2ccc(C(F)C(F)c3cc(F)c(C(F)(F)Oc4cc(F)c(F)c(F)c4)c(F)c3)cc2)OC1. The molecule has 41 heavy (non-hydrogen) atoms. The molecule has 0 saturated carbocycles. The Morgan fingerprint density at radius 3 is 1.90 bits per heavy atom. The molecular formula is C29H23F9O3. The van der Waals surface area contributed by atoms with Gasteiger partial charge in [-0.1, -0.05) is 30.3 Å². The summed E-state index contributed by atoms with van der Waals surface area (Å²) < 4.78 is 143. The molecule has 0 aromatic heterocycles. The second-order valence-electron chi connectivity index (χ2n) is 9.38. The summed E-state index contributed by atoms with van der Waals surface area (Å²) in [6.45, 7) is 4.54. The number of rotatable bonds is 10. The first kappa shape index (κ1) is 30.4. The van der Waals surface area contributed by atoms with Crippen molar-refractivity contribution in [1.29, 1.82) is 0 Å². The first-order valence-corrected chi connectivity index (χ1v) is 12.3. The molecule has 3 aromatic carbocycles. The Bertz CT molecular complexity index is 1330. The first-order chi connectivity index (χ1) is 19.4. The van der Waals surface area contributed by atoms with Crippen molar-refractivity contribution in [3.63, 3.8) is 0 Å². The molecule has 1 fully saturated rings. The largest absolute Gasteiger partial charge is 0.432 e. The lowest BCUT2D eigenvalue weighted by Crippen LogP contribution is -2.27. The lowest BCUT2D eigenvalue weighted by molar-refractivity contribution is -0.205. The van der Waals surface area contributed by atoms with Crippen LogP contribution in [0.5, 0.6) is 5.75 Å². The zero-order valence-corrected chi connectivity index (χ0v) is 21.2. The Balaban J connectivity index is 1.46. The quantitative estimate of drug-likeness (QED) is 0.134. The minimum atomic E-state index is -4.87. The van der Waals surface area contributed by atoms with Gasteiger partial charge in [0.15, 0.2) is 36.1 Å². The van der Waals surface area contributed by atoms with Crippen LogP contribution < -0.4 is 4.74 Å². The molecule has 0 amide bonds. The minimum absolute atomic E-state index is 0.0423. The predicted molar refractivity (Wildman–Crippen MR) is 129 cm³/mol. The van der Waals surface area contributed by atoms with Gasteiger partial charge in [-0.05, 0) is 36.1 Å². The Labute approximate surface area is 229 Å². The van der Waals surface area contributed by atoms with Crippen molar-refractivity contribution < 1.29 is 53.7 Å². The van der Waals surface area contributed by atoms with Gasteiger partial charge in [0.1, 0.15) is 22.9 Å². The van der Waals surface area contributed by atoms with Crippen LogP contribution in [0.3, 0.4) is 0 Å². The van der Waals surface area contributed by atoms with E-state index in [-0.39, 0.29) is 35.7 Å². The summed E-state index contributed by atoms with van der Waals surface area (Å²) in [5, 5.41) is 0. The van der Waals surface area contributed by atoms with Gasteiger partial charge in [-0.3, -0.25) is 0 Å². The van der Waals surface area contributed by atoms with Crippen LogP contribution in [0.1, 0.15) is 53.7 Å². The average Bonchev–Trinajstić information content (AvgIpc) is 2.93. The van der Waals surface area contributed by atoms with Crippen LogP contribution >= 0.6 is 0 Å². The Hall–Kier alpha value is -3.51. The number of halogens is 9. The minimum Gasteiger partial charge on any atom is -0.429 e. The van der Waals surface area contributed by atoms with E-state index < -0.39 is 70.7 Å².